The minimum atomic E-state index is -0.917. The Bertz CT molecular complexity index is 1400. The zero-order chi connectivity index (χ0) is 26.9. The van der Waals surface area contributed by atoms with Crippen LogP contribution in [0, 0.1) is 17.7 Å². The van der Waals surface area contributed by atoms with Crippen molar-refractivity contribution in [3.8, 4) is 0 Å². The van der Waals surface area contributed by atoms with Gasteiger partial charge in [0.2, 0.25) is 17.8 Å². The van der Waals surface area contributed by atoms with Crippen LogP contribution in [-0.4, -0.2) is 41.8 Å². The van der Waals surface area contributed by atoms with Crippen LogP contribution in [-0.2, 0) is 16.0 Å². The lowest BCUT2D eigenvalue weighted by Gasteiger charge is -2.22. The molecule has 2 atom stereocenters. The average Bonchev–Trinajstić information content (AvgIpc) is 2.95. The number of carbonyl (C=O) groups excluding carboxylic acids is 3. The summed E-state index contributed by atoms with van der Waals surface area (Å²) in [5.41, 5.74) is 7.56. The minimum Gasteiger partial charge on any atom is -0.369 e. The third-order valence-electron chi connectivity index (χ3n) is 6.19. The topological polar surface area (TPSA) is 142 Å². The maximum absolute atomic E-state index is 14.6. The summed E-state index contributed by atoms with van der Waals surface area (Å²) in [6.45, 7) is 1.82. The average molecular weight is 526 g/mol. The highest BCUT2D eigenvalue weighted by atomic mass is 35.5. The van der Waals surface area contributed by atoms with Crippen LogP contribution in [0.25, 0.3) is 0 Å². The molecule has 10 nitrogen and oxygen atoms in total. The third-order valence-corrected chi connectivity index (χ3v) is 6.47. The first-order chi connectivity index (χ1) is 17.6. The van der Waals surface area contributed by atoms with E-state index in [0.29, 0.717) is 17.8 Å². The molecule has 0 bridgehead atoms. The van der Waals surface area contributed by atoms with Gasteiger partial charge in [0, 0.05) is 25.5 Å². The van der Waals surface area contributed by atoms with Crippen molar-refractivity contribution in [2.24, 2.45) is 17.6 Å². The second-order valence-electron chi connectivity index (χ2n) is 8.68. The highest BCUT2D eigenvalue weighted by molar-refractivity contribution is 6.33. The van der Waals surface area contributed by atoms with Crippen LogP contribution in [0.3, 0.4) is 0 Å². The minimum absolute atomic E-state index is 0.0774. The Morgan fingerprint density at radius 2 is 1.97 bits per heavy atom. The summed E-state index contributed by atoms with van der Waals surface area (Å²) in [6, 6.07) is 9.49. The smallest absolute Gasteiger partial charge is 0.253 e. The molecule has 0 spiro atoms. The number of rotatable bonds is 6. The molecule has 0 fully saturated rings. The molecule has 4 rings (SSSR count). The van der Waals surface area contributed by atoms with E-state index in [-0.39, 0.29) is 39.9 Å². The van der Waals surface area contributed by atoms with Crippen molar-refractivity contribution in [2.75, 3.05) is 29.6 Å². The summed E-state index contributed by atoms with van der Waals surface area (Å²) < 4.78 is 14.6. The van der Waals surface area contributed by atoms with Crippen molar-refractivity contribution >= 4 is 58.2 Å². The van der Waals surface area contributed by atoms with Crippen molar-refractivity contribution in [1.29, 1.82) is 0 Å². The zero-order valence-electron chi connectivity index (χ0n) is 20.3. The molecule has 37 heavy (non-hydrogen) atoms. The fourth-order valence-electron chi connectivity index (χ4n) is 4.30. The van der Waals surface area contributed by atoms with Crippen LogP contribution in [0.2, 0.25) is 5.02 Å². The van der Waals surface area contributed by atoms with E-state index in [4.69, 9.17) is 17.3 Å². The van der Waals surface area contributed by atoms with Gasteiger partial charge < -0.3 is 26.6 Å². The zero-order valence-corrected chi connectivity index (χ0v) is 21.1. The number of para-hydroxylation sites is 1. The Kier molecular flexibility index (Phi) is 7.25. The summed E-state index contributed by atoms with van der Waals surface area (Å²) >= 11 is 6.25. The molecule has 1 aliphatic heterocycles. The van der Waals surface area contributed by atoms with E-state index in [0.717, 1.165) is 5.56 Å². The number of aromatic nitrogens is 2. The van der Waals surface area contributed by atoms with Gasteiger partial charge in [-0.3, -0.25) is 14.4 Å². The van der Waals surface area contributed by atoms with E-state index >= 15 is 0 Å². The van der Waals surface area contributed by atoms with Crippen LogP contribution >= 0.6 is 11.6 Å². The second-order valence-corrected chi connectivity index (χ2v) is 9.09. The molecule has 0 saturated heterocycles. The number of amides is 3. The van der Waals surface area contributed by atoms with Gasteiger partial charge in [-0.1, -0.05) is 30.7 Å². The van der Waals surface area contributed by atoms with E-state index in [2.05, 4.69) is 25.9 Å². The van der Waals surface area contributed by atoms with Gasteiger partial charge in [0.15, 0.2) is 5.82 Å². The Morgan fingerprint density at radius 1 is 1.22 bits per heavy atom. The molecule has 12 heteroatoms. The summed E-state index contributed by atoms with van der Waals surface area (Å²) in [4.78, 5) is 46.9. The fourth-order valence-corrected chi connectivity index (χ4v) is 4.44. The third kappa shape index (κ3) is 5.17. The number of primary amides is 1. The molecule has 2 aromatic carbocycles. The standard InChI is InChI=1S/C25H25ClFN7O3/c1-12-9-13-7-8-14(10-18(13)34(3)24(37)19(12)21(28)35)31-25-30-11-16(26)22(33-25)32-20-15(23(36)29-2)5-4-6-17(20)27/h4-8,10-12,19H,9H2,1-3H3,(H2,28,35)(H,29,36)(H2,30,31,32,33)/t12-,19-/m0/s1. The van der Waals surface area contributed by atoms with Gasteiger partial charge in [-0.25, -0.2) is 9.37 Å². The largest absolute Gasteiger partial charge is 0.369 e. The Labute approximate surface area is 217 Å². The molecule has 0 aliphatic carbocycles. The monoisotopic (exact) mass is 525 g/mol. The molecule has 1 aromatic heterocycles. The Morgan fingerprint density at radius 3 is 2.68 bits per heavy atom. The molecule has 1 aliphatic rings. The van der Waals surface area contributed by atoms with Crippen LogP contribution in [0.4, 0.5) is 33.2 Å². The molecule has 3 amide bonds. The van der Waals surface area contributed by atoms with E-state index in [1.807, 2.05) is 13.0 Å². The molecule has 0 saturated carbocycles. The van der Waals surface area contributed by atoms with Crippen molar-refractivity contribution in [1.82, 2.24) is 15.3 Å². The number of benzene rings is 2. The Hall–Kier alpha value is -4.25. The number of nitrogens with zero attached hydrogens (tertiary/aromatic N) is 3. The van der Waals surface area contributed by atoms with Gasteiger partial charge in [-0.15, -0.1) is 0 Å². The fraction of sp³-hybridized carbons (Fsp3) is 0.240. The molecular weight excluding hydrogens is 501 g/mol. The number of anilines is 5. The Balaban J connectivity index is 1.63. The lowest BCUT2D eigenvalue weighted by Crippen LogP contribution is -2.42. The molecular formula is C25H25ClFN7O3. The van der Waals surface area contributed by atoms with Gasteiger partial charge in [0.1, 0.15) is 16.8 Å². The number of nitrogens with two attached hydrogens (primary N) is 1. The summed E-state index contributed by atoms with van der Waals surface area (Å²) in [5.74, 6) is -3.13. The first-order valence-corrected chi connectivity index (χ1v) is 11.8. The lowest BCUT2D eigenvalue weighted by molar-refractivity contribution is -0.133. The predicted molar refractivity (Wildman–Crippen MR) is 139 cm³/mol. The first kappa shape index (κ1) is 25.8. The van der Waals surface area contributed by atoms with Gasteiger partial charge in [0.25, 0.3) is 5.91 Å². The van der Waals surface area contributed by atoms with Crippen LogP contribution in [0.5, 0.6) is 0 Å². The van der Waals surface area contributed by atoms with E-state index < -0.39 is 23.5 Å². The number of hydrogen-bond acceptors (Lipinski definition) is 7. The molecule has 0 unspecified atom stereocenters. The van der Waals surface area contributed by atoms with E-state index in [1.54, 1.807) is 19.2 Å². The predicted octanol–water partition coefficient (Wildman–Crippen LogP) is 3.37. The highest BCUT2D eigenvalue weighted by Gasteiger charge is 2.37. The SMILES string of the molecule is CNC(=O)c1cccc(F)c1Nc1nc(Nc2ccc3c(c2)N(C)C(=O)[C@H](C(N)=O)[C@@H](C)C3)ncc1Cl. The van der Waals surface area contributed by atoms with Gasteiger partial charge >= 0.3 is 0 Å². The van der Waals surface area contributed by atoms with Gasteiger partial charge in [0.05, 0.1) is 17.4 Å². The maximum atomic E-state index is 14.6. The number of hydrogen-bond donors (Lipinski definition) is 4. The summed E-state index contributed by atoms with van der Waals surface area (Å²) in [6.07, 6.45) is 1.83. The maximum Gasteiger partial charge on any atom is 0.253 e. The summed E-state index contributed by atoms with van der Waals surface area (Å²) in [5, 5.41) is 8.40. The van der Waals surface area contributed by atoms with Crippen molar-refractivity contribution < 1.29 is 18.8 Å². The quantitative estimate of drug-likeness (QED) is 0.361. The van der Waals surface area contributed by atoms with E-state index in [1.165, 1.54) is 36.3 Å². The van der Waals surface area contributed by atoms with Crippen molar-refractivity contribution in [3.63, 3.8) is 0 Å². The van der Waals surface area contributed by atoms with E-state index in [9.17, 15) is 18.8 Å². The van der Waals surface area contributed by atoms with Crippen LogP contribution < -0.4 is 26.6 Å². The molecule has 5 N–H and O–H groups in total. The highest BCUT2D eigenvalue weighted by Crippen LogP contribution is 2.35. The van der Waals surface area contributed by atoms with Gasteiger partial charge in [-0.2, -0.15) is 4.98 Å². The molecule has 2 heterocycles. The number of fused-ring (bicyclic) bond motifs is 1. The normalized spacial score (nSPS) is 17.0. The van der Waals surface area contributed by atoms with Gasteiger partial charge in [-0.05, 0) is 42.2 Å². The summed E-state index contributed by atoms with van der Waals surface area (Å²) in [7, 11) is 3.04. The second kappa shape index (κ2) is 10.4. The lowest BCUT2D eigenvalue weighted by atomic mass is 9.88. The van der Waals surface area contributed by atoms with Crippen molar-refractivity contribution in [3.05, 3.63) is 64.6 Å². The molecule has 0 radical (unpaired) electrons. The number of carbonyl (C=O) groups is 3. The number of halogens is 2. The van der Waals surface area contributed by atoms with Crippen LogP contribution in [0.1, 0.15) is 22.8 Å². The first-order valence-electron chi connectivity index (χ1n) is 11.4. The molecule has 192 valence electrons. The van der Waals surface area contributed by atoms with Crippen LogP contribution in [0.15, 0.2) is 42.6 Å². The number of nitrogens with one attached hydrogen (secondary N) is 3. The van der Waals surface area contributed by atoms with Crippen molar-refractivity contribution in [2.45, 2.75) is 13.3 Å². The molecule has 3 aromatic rings.